The molecule has 2 N–H and O–H groups in total. The van der Waals surface area contributed by atoms with Crippen molar-refractivity contribution >= 4 is 22.6 Å². The summed E-state index contributed by atoms with van der Waals surface area (Å²) in [6.07, 6.45) is 3.11. The number of aromatic nitrogens is 4. The predicted molar refractivity (Wildman–Crippen MR) is 98.6 cm³/mol. The molecule has 3 aromatic heterocycles. The molecular formula is C18H19N5O3. The van der Waals surface area contributed by atoms with Crippen LogP contribution in [0.25, 0.3) is 11.0 Å². The number of fused-ring (bicyclic) bond motifs is 1. The normalized spacial score (nSPS) is 11.1. The van der Waals surface area contributed by atoms with Gasteiger partial charge in [0.25, 0.3) is 11.5 Å². The number of hydrogen-bond acceptors (Lipinski definition) is 5. The molecule has 26 heavy (non-hydrogen) atoms. The predicted octanol–water partition coefficient (Wildman–Crippen LogP) is 1.88. The zero-order chi connectivity index (χ0) is 18.8. The van der Waals surface area contributed by atoms with Crippen LogP contribution in [0.4, 0.5) is 5.69 Å². The third-order valence-electron chi connectivity index (χ3n) is 4.04. The van der Waals surface area contributed by atoms with Crippen molar-refractivity contribution in [3.05, 3.63) is 62.7 Å². The number of rotatable bonds is 4. The van der Waals surface area contributed by atoms with Gasteiger partial charge in [-0.25, -0.2) is 9.78 Å². The minimum absolute atomic E-state index is 0.0176. The van der Waals surface area contributed by atoms with Gasteiger partial charge < -0.3 is 5.32 Å². The molecular weight excluding hydrogens is 334 g/mol. The summed E-state index contributed by atoms with van der Waals surface area (Å²) in [5, 5.41) is 2.82. The minimum Gasteiger partial charge on any atom is -0.321 e. The van der Waals surface area contributed by atoms with Gasteiger partial charge in [-0.1, -0.05) is 13.8 Å². The van der Waals surface area contributed by atoms with E-state index in [0.717, 1.165) is 0 Å². The van der Waals surface area contributed by atoms with Crippen molar-refractivity contribution in [2.45, 2.75) is 33.2 Å². The molecule has 3 aromatic rings. The molecule has 0 spiro atoms. The van der Waals surface area contributed by atoms with Crippen LogP contribution in [0.5, 0.6) is 0 Å². The Bertz CT molecular complexity index is 1080. The second kappa shape index (κ2) is 6.91. The van der Waals surface area contributed by atoms with Crippen LogP contribution in [0.3, 0.4) is 0 Å². The van der Waals surface area contributed by atoms with Crippen molar-refractivity contribution in [1.82, 2.24) is 19.5 Å². The summed E-state index contributed by atoms with van der Waals surface area (Å²) in [7, 11) is 0. The van der Waals surface area contributed by atoms with E-state index in [4.69, 9.17) is 0 Å². The number of aryl methyl sites for hydroxylation is 1. The molecule has 0 radical (unpaired) electrons. The van der Waals surface area contributed by atoms with E-state index in [9.17, 15) is 14.4 Å². The number of amides is 1. The lowest BCUT2D eigenvalue weighted by Gasteiger charge is -2.14. The number of anilines is 1. The Hall–Kier alpha value is -3.29. The average molecular weight is 353 g/mol. The van der Waals surface area contributed by atoms with Gasteiger partial charge >= 0.3 is 5.69 Å². The highest BCUT2D eigenvalue weighted by Crippen LogP contribution is 2.20. The van der Waals surface area contributed by atoms with Crippen LogP contribution < -0.4 is 16.6 Å². The van der Waals surface area contributed by atoms with Crippen molar-refractivity contribution < 1.29 is 4.79 Å². The van der Waals surface area contributed by atoms with E-state index in [1.165, 1.54) is 10.8 Å². The van der Waals surface area contributed by atoms with E-state index < -0.39 is 17.2 Å². The molecule has 0 unspecified atom stereocenters. The first-order valence-corrected chi connectivity index (χ1v) is 8.31. The van der Waals surface area contributed by atoms with Crippen molar-refractivity contribution in [2.75, 3.05) is 5.32 Å². The number of aromatic amines is 1. The van der Waals surface area contributed by atoms with Crippen LogP contribution in [0, 0.1) is 0 Å². The van der Waals surface area contributed by atoms with Crippen LogP contribution >= 0.6 is 0 Å². The van der Waals surface area contributed by atoms with E-state index in [2.05, 4.69) is 20.3 Å². The number of hydrogen-bond donors (Lipinski definition) is 2. The SMILES string of the molecule is CCn1c(=O)[nH]c(=O)c2c(C(=O)Nc3cccnc3)cc(C(C)C)nc21. The van der Waals surface area contributed by atoms with E-state index >= 15 is 0 Å². The Morgan fingerprint density at radius 2 is 2.12 bits per heavy atom. The molecule has 3 heterocycles. The first kappa shape index (κ1) is 17.5. The first-order chi connectivity index (χ1) is 12.4. The molecule has 0 saturated carbocycles. The molecule has 0 saturated heterocycles. The van der Waals surface area contributed by atoms with Crippen LogP contribution in [0.15, 0.2) is 40.2 Å². The maximum Gasteiger partial charge on any atom is 0.329 e. The monoisotopic (exact) mass is 353 g/mol. The highest BCUT2D eigenvalue weighted by Gasteiger charge is 2.20. The van der Waals surface area contributed by atoms with Gasteiger partial charge in [-0.2, -0.15) is 0 Å². The number of carbonyl (C=O) groups is 1. The minimum atomic E-state index is -0.631. The van der Waals surface area contributed by atoms with Gasteiger partial charge in [0.15, 0.2) is 5.65 Å². The average Bonchev–Trinajstić information content (AvgIpc) is 2.61. The van der Waals surface area contributed by atoms with E-state index in [1.54, 1.807) is 31.3 Å². The third-order valence-corrected chi connectivity index (χ3v) is 4.04. The maximum atomic E-state index is 12.8. The number of pyridine rings is 2. The molecule has 0 aliphatic heterocycles. The highest BCUT2D eigenvalue weighted by atomic mass is 16.2. The Labute approximate surface area is 148 Å². The third kappa shape index (κ3) is 3.13. The molecule has 0 atom stereocenters. The van der Waals surface area contributed by atoms with Gasteiger partial charge in [-0.15, -0.1) is 0 Å². The molecule has 8 nitrogen and oxygen atoms in total. The molecule has 3 rings (SSSR count). The van der Waals surface area contributed by atoms with Gasteiger partial charge in [0.05, 0.1) is 22.8 Å². The fourth-order valence-electron chi connectivity index (χ4n) is 2.70. The lowest BCUT2D eigenvalue weighted by Crippen LogP contribution is -2.32. The lowest BCUT2D eigenvalue weighted by atomic mass is 10.0. The summed E-state index contributed by atoms with van der Waals surface area (Å²) in [6.45, 7) is 5.96. The molecule has 134 valence electrons. The van der Waals surface area contributed by atoms with E-state index in [-0.39, 0.29) is 22.5 Å². The van der Waals surface area contributed by atoms with Gasteiger partial charge in [0.1, 0.15) is 0 Å². The van der Waals surface area contributed by atoms with Crippen molar-refractivity contribution in [3.8, 4) is 0 Å². The smallest absolute Gasteiger partial charge is 0.321 e. The van der Waals surface area contributed by atoms with E-state index in [1.807, 2.05) is 13.8 Å². The quantitative estimate of drug-likeness (QED) is 0.744. The lowest BCUT2D eigenvalue weighted by molar-refractivity contribution is 0.102. The van der Waals surface area contributed by atoms with Gasteiger partial charge in [0, 0.05) is 18.4 Å². The standard InChI is InChI=1S/C18H19N5O3/c1-4-23-15-14(17(25)22-18(23)26)12(8-13(21-15)10(2)3)16(24)20-11-6-5-7-19-9-11/h5-10H,4H2,1-3H3,(H,20,24)(H,22,25,26). The topological polar surface area (TPSA) is 110 Å². The Morgan fingerprint density at radius 3 is 2.73 bits per heavy atom. The zero-order valence-electron chi connectivity index (χ0n) is 14.7. The van der Waals surface area contributed by atoms with Gasteiger partial charge in [-0.05, 0) is 31.0 Å². The number of carbonyl (C=O) groups excluding carboxylic acids is 1. The fourth-order valence-corrected chi connectivity index (χ4v) is 2.70. The summed E-state index contributed by atoms with van der Waals surface area (Å²) in [5.74, 6) is -0.442. The fraction of sp³-hybridized carbons (Fsp3) is 0.278. The van der Waals surface area contributed by atoms with Crippen molar-refractivity contribution in [1.29, 1.82) is 0 Å². The maximum absolute atomic E-state index is 12.8. The summed E-state index contributed by atoms with van der Waals surface area (Å²) >= 11 is 0. The summed E-state index contributed by atoms with van der Waals surface area (Å²) in [4.78, 5) is 48.0. The van der Waals surface area contributed by atoms with Crippen molar-refractivity contribution in [3.63, 3.8) is 0 Å². The second-order valence-corrected chi connectivity index (χ2v) is 6.15. The van der Waals surface area contributed by atoms with Crippen LogP contribution in [0.2, 0.25) is 0 Å². The van der Waals surface area contributed by atoms with Crippen LogP contribution in [0.1, 0.15) is 42.7 Å². The molecule has 0 aromatic carbocycles. The zero-order valence-corrected chi connectivity index (χ0v) is 14.7. The Morgan fingerprint density at radius 1 is 1.35 bits per heavy atom. The van der Waals surface area contributed by atoms with Crippen molar-refractivity contribution in [2.24, 2.45) is 0 Å². The number of H-pyrrole nitrogens is 1. The summed E-state index contributed by atoms with van der Waals surface area (Å²) in [6, 6.07) is 4.99. The Balaban J connectivity index is 2.28. The molecule has 0 fully saturated rings. The molecule has 1 amide bonds. The number of nitrogens with one attached hydrogen (secondary N) is 2. The molecule has 0 bridgehead atoms. The summed E-state index contributed by atoms with van der Waals surface area (Å²) in [5.41, 5.74) is 0.343. The second-order valence-electron chi connectivity index (χ2n) is 6.15. The number of nitrogens with zero attached hydrogens (tertiary/aromatic N) is 3. The first-order valence-electron chi connectivity index (χ1n) is 8.31. The largest absolute Gasteiger partial charge is 0.329 e. The summed E-state index contributed by atoms with van der Waals surface area (Å²) < 4.78 is 1.35. The highest BCUT2D eigenvalue weighted by molar-refractivity contribution is 6.11. The Kier molecular flexibility index (Phi) is 4.66. The van der Waals surface area contributed by atoms with Crippen LogP contribution in [-0.4, -0.2) is 25.4 Å². The van der Waals surface area contributed by atoms with Crippen LogP contribution in [-0.2, 0) is 6.54 Å². The van der Waals surface area contributed by atoms with Gasteiger partial charge in [-0.3, -0.25) is 24.1 Å². The van der Waals surface area contributed by atoms with Gasteiger partial charge in [0.2, 0.25) is 0 Å². The van der Waals surface area contributed by atoms with E-state index in [0.29, 0.717) is 17.9 Å². The molecule has 0 aliphatic carbocycles. The molecule has 0 aliphatic rings. The molecule has 8 heteroatoms.